The lowest BCUT2D eigenvalue weighted by molar-refractivity contribution is -0.385. The van der Waals surface area contributed by atoms with Crippen LogP contribution in [-0.2, 0) is 0 Å². The summed E-state index contributed by atoms with van der Waals surface area (Å²) in [5.74, 6) is 0. The fourth-order valence-electron chi connectivity index (χ4n) is 2.23. The van der Waals surface area contributed by atoms with E-state index in [1.54, 1.807) is 30.6 Å². The van der Waals surface area contributed by atoms with Crippen molar-refractivity contribution in [3.8, 4) is 0 Å². The number of hydrogen-bond donors (Lipinski definition) is 2. The number of aromatic nitrogens is 2. The topological polar surface area (TPSA) is 92.0 Å². The molecule has 0 fully saturated rings. The van der Waals surface area contributed by atoms with Gasteiger partial charge in [0.25, 0.3) is 5.69 Å². The van der Waals surface area contributed by atoms with Crippen LogP contribution in [0, 0.1) is 10.1 Å². The molecule has 7 heteroatoms. The number of halogens is 1. The molecule has 1 atom stereocenters. The third kappa shape index (κ3) is 2.46. The minimum atomic E-state index is -0.989. The second-order valence-corrected chi connectivity index (χ2v) is 4.94. The van der Waals surface area contributed by atoms with E-state index in [1.807, 2.05) is 0 Å². The van der Waals surface area contributed by atoms with Gasteiger partial charge in [-0.05, 0) is 11.6 Å². The second-order valence-electron chi connectivity index (χ2n) is 4.55. The number of non-ortho nitro benzene ring substituents is 1. The van der Waals surface area contributed by atoms with Crippen molar-refractivity contribution in [1.29, 1.82) is 0 Å². The SMILES string of the molecule is O=[N+]([O-])c1cccc(C(O)c2c[nH]c3cnc(Cl)cc23)c1. The van der Waals surface area contributed by atoms with Gasteiger partial charge in [-0.25, -0.2) is 4.98 Å². The molecule has 1 unspecified atom stereocenters. The molecule has 0 saturated heterocycles. The third-order valence-corrected chi connectivity index (χ3v) is 3.46. The number of aromatic amines is 1. The normalized spacial score (nSPS) is 12.5. The predicted octanol–water partition coefficient (Wildman–Crippen LogP) is 3.21. The van der Waals surface area contributed by atoms with Crippen molar-refractivity contribution in [3.05, 3.63) is 69.1 Å². The van der Waals surface area contributed by atoms with Gasteiger partial charge in [-0.2, -0.15) is 0 Å². The summed E-state index contributed by atoms with van der Waals surface area (Å²) in [5, 5.41) is 22.3. The third-order valence-electron chi connectivity index (χ3n) is 3.26. The molecule has 2 N–H and O–H groups in total. The number of nitro benzene ring substituents is 1. The maximum atomic E-state index is 10.8. The number of aliphatic hydroxyl groups is 1. The fraction of sp³-hybridized carbons (Fsp3) is 0.0714. The molecule has 3 rings (SSSR count). The van der Waals surface area contributed by atoms with Gasteiger partial charge in [-0.3, -0.25) is 10.1 Å². The van der Waals surface area contributed by atoms with Crippen LogP contribution in [0.1, 0.15) is 17.2 Å². The number of benzene rings is 1. The molecule has 0 bridgehead atoms. The van der Waals surface area contributed by atoms with Gasteiger partial charge in [-0.1, -0.05) is 23.7 Å². The summed E-state index contributed by atoms with van der Waals surface area (Å²) >= 11 is 5.87. The molecule has 1 aromatic carbocycles. The Hall–Kier alpha value is -2.44. The minimum Gasteiger partial charge on any atom is -0.384 e. The molecular formula is C14H10ClN3O3. The average Bonchev–Trinajstić information content (AvgIpc) is 2.89. The smallest absolute Gasteiger partial charge is 0.269 e. The Kier molecular flexibility index (Phi) is 3.32. The first kappa shape index (κ1) is 13.5. The van der Waals surface area contributed by atoms with Gasteiger partial charge in [0.05, 0.1) is 16.6 Å². The number of nitrogens with one attached hydrogen (secondary N) is 1. The molecule has 0 radical (unpaired) electrons. The maximum Gasteiger partial charge on any atom is 0.269 e. The summed E-state index contributed by atoms with van der Waals surface area (Å²) < 4.78 is 0. The largest absolute Gasteiger partial charge is 0.384 e. The highest BCUT2D eigenvalue weighted by molar-refractivity contribution is 6.30. The van der Waals surface area contributed by atoms with E-state index in [0.29, 0.717) is 16.3 Å². The van der Waals surface area contributed by atoms with E-state index in [2.05, 4.69) is 9.97 Å². The quantitative estimate of drug-likeness (QED) is 0.441. The van der Waals surface area contributed by atoms with Gasteiger partial charge in [0.2, 0.25) is 0 Å². The van der Waals surface area contributed by atoms with Crippen molar-refractivity contribution >= 4 is 28.2 Å². The van der Waals surface area contributed by atoms with Crippen molar-refractivity contribution in [1.82, 2.24) is 9.97 Å². The van der Waals surface area contributed by atoms with E-state index in [1.165, 1.54) is 12.1 Å². The van der Waals surface area contributed by atoms with Crippen LogP contribution in [0.15, 0.2) is 42.7 Å². The second kappa shape index (κ2) is 5.16. The standard InChI is InChI=1S/C14H10ClN3O3/c15-13-5-10-11(6-16-12(10)7-17-13)14(19)8-2-1-3-9(4-8)18(20)21/h1-7,14,16,19H. The van der Waals surface area contributed by atoms with Gasteiger partial charge in [-0.15, -0.1) is 0 Å². The van der Waals surface area contributed by atoms with Gasteiger partial charge in [0.15, 0.2) is 0 Å². The van der Waals surface area contributed by atoms with E-state index >= 15 is 0 Å². The summed E-state index contributed by atoms with van der Waals surface area (Å²) in [4.78, 5) is 17.3. The lowest BCUT2D eigenvalue weighted by Crippen LogP contribution is -2.00. The van der Waals surface area contributed by atoms with Crippen molar-refractivity contribution in [2.75, 3.05) is 0 Å². The predicted molar refractivity (Wildman–Crippen MR) is 78.3 cm³/mol. The summed E-state index contributed by atoms with van der Waals surface area (Å²) in [7, 11) is 0. The molecule has 106 valence electrons. The highest BCUT2D eigenvalue weighted by Gasteiger charge is 2.18. The molecule has 2 heterocycles. The Bertz CT molecular complexity index is 831. The fourth-order valence-corrected chi connectivity index (χ4v) is 2.39. The number of rotatable bonds is 3. The molecule has 0 saturated carbocycles. The van der Waals surface area contributed by atoms with Crippen molar-refractivity contribution in [3.63, 3.8) is 0 Å². The van der Waals surface area contributed by atoms with Crippen LogP contribution >= 0.6 is 11.6 Å². The molecule has 0 aliphatic rings. The van der Waals surface area contributed by atoms with E-state index in [-0.39, 0.29) is 5.69 Å². The van der Waals surface area contributed by atoms with E-state index in [0.717, 1.165) is 10.9 Å². The molecule has 3 aromatic rings. The van der Waals surface area contributed by atoms with Crippen molar-refractivity contribution in [2.24, 2.45) is 0 Å². The summed E-state index contributed by atoms with van der Waals surface area (Å²) in [6.07, 6.45) is 2.23. The molecule has 21 heavy (non-hydrogen) atoms. The van der Waals surface area contributed by atoms with Gasteiger partial charge in [0, 0.05) is 29.3 Å². The Balaban J connectivity index is 2.08. The van der Waals surface area contributed by atoms with Crippen molar-refractivity contribution in [2.45, 2.75) is 6.10 Å². The van der Waals surface area contributed by atoms with Crippen LogP contribution in [0.5, 0.6) is 0 Å². The first-order valence-electron chi connectivity index (χ1n) is 6.11. The molecule has 0 aliphatic heterocycles. The van der Waals surface area contributed by atoms with Crippen LogP contribution in [0.3, 0.4) is 0 Å². The van der Waals surface area contributed by atoms with Gasteiger partial charge in [0.1, 0.15) is 11.3 Å². The number of fused-ring (bicyclic) bond motifs is 1. The maximum absolute atomic E-state index is 10.8. The van der Waals surface area contributed by atoms with Crippen LogP contribution in [0.4, 0.5) is 5.69 Å². The Labute approximate surface area is 124 Å². The Morgan fingerprint density at radius 2 is 2.19 bits per heavy atom. The summed E-state index contributed by atoms with van der Waals surface area (Å²) in [5.41, 5.74) is 1.71. The molecule has 6 nitrogen and oxygen atoms in total. The van der Waals surface area contributed by atoms with E-state index < -0.39 is 11.0 Å². The van der Waals surface area contributed by atoms with Crippen molar-refractivity contribution < 1.29 is 10.0 Å². The zero-order chi connectivity index (χ0) is 15.0. The summed E-state index contributed by atoms with van der Waals surface area (Å²) in [6, 6.07) is 7.56. The molecule has 0 spiro atoms. The van der Waals surface area contributed by atoms with Crippen LogP contribution < -0.4 is 0 Å². The number of nitrogens with zero attached hydrogens (tertiary/aromatic N) is 2. The van der Waals surface area contributed by atoms with Gasteiger partial charge >= 0.3 is 0 Å². The summed E-state index contributed by atoms with van der Waals surface area (Å²) in [6.45, 7) is 0. The first-order valence-corrected chi connectivity index (χ1v) is 6.49. The monoisotopic (exact) mass is 303 g/mol. The van der Waals surface area contributed by atoms with E-state index in [4.69, 9.17) is 11.6 Å². The number of pyridine rings is 1. The molecule has 2 aromatic heterocycles. The number of hydrogen-bond acceptors (Lipinski definition) is 4. The van der Waals surface area contributed by atoms with Crippen LogP contribution in [0.25, 0.3) is 10.9 Å². The van der Waals surface area contributed by atoms with Gasteiger partial charge < -0.3 is 10.1 Å². The average molecular weight is 304 g/mol. The molecule has 0 amide bonds. The van der Waals surface area contributed by atoms with Crippen LogP contribution in [0.2, 0.25) is 5.15 Å². The number of aliphatic hydroxyl groups excluding tert-OH is 1. The number of nitro groups is 1. The first-order chi connectivity index (χ1) is 10.1. The minimum absolute atomic E-state index is 0.0638. The zero-order valence-electron chi connectivity index (χ0n) is 10.7. The molecular weight excluding hydrogens is 294 g/mol. The lowest BCUT2D eigenvalue weighted by Gasteiger charge is -2.10. The lowest BCUT2D eigenvalue weighted by atomic mass is 10.0. The Morgan fingerprint density at radius 3 is 2.95 bits per heavy atom. The molecule has 0 aliphatic carbocycles. The Morgan fingerprint density at radius 1 is 1.38 bits per heavy atom. The number of H-pyrrole nitrogens is 1. The highest BCUT2D eigenvalue weighted by Crippen LogP contribution is 2.31. The zero-order valence-corrected chi connectivity index (χ0v) is 11.4. The van der Waals surface area contributed by atoms with Crippen LogP contribution in [-0.4, -0.2) is 20.0 Å². The highest BCUT2D eigenvalue weighted by atomic mass is 35.5. The van der Waals surface area contributed by atoms with E-state index in [9.17, 15) is 15.2 Å².